The van der Waals surface area contributed by atoms with Gasteiger partial charge in [0.1, 0.15) is 0 Å². The Labute approximate surface area is 111 Å². The van der Waals surface area contributed by atoms with E-state index >= 15 is 0 Å². The molecule has 2 rings (SSSR count). The number of nitrogens with one attached hydrogen (secondary N) is 1. The van der Waals surface area contributed by atoms with E-state index < -0.39 is 0 Å². The second kappa shape index (κ2) is 5.60. The smallest absolute Gasteiger partial charge is 0.222 e. The van der Waals surface area contributed by atoms with Gasteiger partial charge >= 0.3 is 0 Å². The number of likely N-dealkylation sites (tertiary alicyclic amines) is 1. The molecule has 104 valence electrons. The summed E-state index contributed by atoms with van der Waals surface area (Å²) in [5.74, 6) is 1.88. The maximum absolute atomic E-state index is 12.1. The average Bonchev–Trinajstić information content (AvgIpc) is 2.38. The Balaban J connectivity index is 1.82. The van der Waals surface area contributed by atoms with Crippen molar-refractivity contribution in [2.75, 3.05) is 26.2 Å². The SMILES string of the molecule is CC(C)(C)C1CCC(=O)N(CCC2CNC2)CC1. The molecule has 1 amide bonds. The van der Waals surface area contributed by atoms with E-state index in [-0.39, 0.29) is 0 Å². The molecule has 0 aliphatic carbocycles. The second-order valence-electron chi connectivity index (χ2n) is 7.08. The van der Waals surface area contributed by atoms with Crippen LogP contribution in [0, 0.1) is 17.3 Å². The van der Waals surface area contributed by atoms with Gasteiger partial charge in [-0.2, -0.15) is 0 Å². The number of hydrogen-bond acceptors (Lipinski definition) is 2. The summed E-state index contributed by atoms with van der Waals surface area (Å²) in [5, 5.41) is 3.30. The van der Waals surface area contributed by atoms with E-state index in [0.717, 1.165) is 44.9 Å². The van der Waals surface area contributed by atoms with Crippen LogP contribution < -0.4 is 5.32 Å². The van der Waals surface area contributed by atoms with E-state index in [0.29, 0.717) is 17.2 Å². The fourth-order valence-corrected chi connectivity index (χ4v) is 3.03. The number of hydrogen-bond donors (Lipinski definition) is 1. The Hall–Kier alpha value is -0.570. The molecule has 18 heavy (non-hydrogen) atoms. The zero-order valence-corrected chi connectivity index (χ0v) is 12.2. The van der Waals surface area contributed by atoms with Crippen molar-refractivity contribution in [2.24, 2.45) is 17.3 Å². The molecular formula is C15H28N2O. The van der Waals surface area contributed by atoms with Crippen LogP contribution in [0.15, 0.2) is 0 Å². The zero-order valence-electron chi connectivity index (χ0n) is 12.2. The predicted molar refractivity (Wildman–Crippen MR) is 74.4 cm³/mol. The molecule has 0 aromatic heterocycles. The van der Waals surface area contributed by atoms with Crippen molar-refractivity contribution in [2.45, 2.75) is 46.5 Å². The van der Waals surface area contributed by atoms with Gasteiger partial charge in [-0.1, -0.05) is 20.8 Å². The third-order valence-electron chi connectivity index (χ3n) is 4.70. The first-order valence-electron chi connectivity index (χ1n) is 7.45. The Morgan fingerprint density at radius 3 is 2.56 bits per heavy atom. The van der Waals surface area contributed by atoms with E-state index in [1.807, 2.05) is 0 Å². The first-order chi connectivity index (χ1) is 8.47. The van der Waals surface area contributed by atoms with E-state index in [2.05, 4.69) is 31.0 Å². The Morgan fingerprint density at radius 2 is 2.00 bits per heavy atom. The molecule has 0 spiro atoms. The summed E-state index contributed by atoms with van der Waals surface area (Å²) in [6.45, 7) is 11.1. The van der Waals surface area contributed by atoms with Crippen LogP contribution in [0.4, 0.5) is 0 Å². The molecule has 0 bridgehead atoms. The summed E-state index contributed by atoms with van der Waals surface area (Å²) in [7, 11) is 0. The van der Waals surface area contributed by atoms with Crippen LogP contribution in [0.1, 0.15) is 46.5 Å². The third kappa shape index (κ3) is 3.47. The molecule has 2 aliphatic rings. The largest absolute Gasteiger partial charge is 0.343 e. The first kappa shape index (κ1) is 13.9. The van der Waals surface area contributed by atoms with E-state index in [9.17, 15) is 4.79 Å². The number of nitrogens with zero attached hydrogens (tertiary/aromatic N) is 1. The molecular weight excluding hydrogens is 224 g/mol. The molecule has 0 aromatic rings. The molecule has 3 nitrogen and oxygen atoms in total. The summed E-state index contributed by atoms with van der Waals surface area (Å²) >= 11 is 0. The molecule has 1 atom stereocenters. The van der Waals surface area contributed by atoms with Gasteiger partial charge in [-0.05, 0) is 49.6 Å². The minimum absolute atomic E-state index is 0.341. The number of carbonyl (C=O) groups is 1. The summed E-state index contributed by atoms with van der Waals surface area (Å²) in [6, 6.07) is 0. The molecule has 2 heterocycles. The highest BCUT2D eigenvalue weighted by atomic mass is 16.2. The van der Waals surface area contributed by atoms with Gasteiger partial charge in [0.2, 0.25) is 5.91 Å². The Morgan fingerprint density at radius 1 is 1.28 bits per heavy atom. The van der Waals surface area contributed by atoms with Crippen molar-refractivity contribution in [3.8, 4) is 0 Å². The molecule has 0 aromatic carbocycles. The zero-order chi connectivity index (χ0) is 13.2. The van der Waals surface area contributed by atoms with Gasteiger partial charge in [0, 0.05) is 19.5 Å². The van der Waals surface area contributed by atoms with Crippen LogP contribution in [-0.4, -0.2) is 37.0 Å². The molecule has 3 heteroatoms. The topological polar surface area (TPSA) is 32.3 Å². The quantitative estimate of drug-likeness (QED) is 0.835. The number of rotatable bonds is 3. The summed E-state index contributed by atoms with van der Waals surface area (Å²) < 4.78 is 0. The van der Waals surface area contributed by atoms with Crippen LogP contribution in [0.2, 0.25) is 0 Å². The van der Waals surface area contributed by atoms with E-state index in [1.165, 1.54) is 12.8 Å². The van der Waals surface area contributed by atoms with Crippen LogP contribution in [-0.2, 0) is 4.79 Å². The fraction of sp³-hybridized carbons (Fsp3) is 0.933. The highest BCUT2D eigenvalue weighted by molar-refractivity contribution is 5.76. The number of amides is 1. The standard InChI is InChI=1S/C15H28N2O/c1-15(2,3)13-4-5-14(18)17(9-7-13)8-6-12-10-16-11-12/h12-13,16H,4-11H2,1-3H3. The summed E-state index contributed by atoms with van der Waals surface area (Å²) in [6.07, 6.45) is 4.19. The van der Waals surface area contributed by atoms with Gasteiger partial charge in [0.15, 0.2) is 0 Å². The van der Waals surface area contributed by atoms with Gasteiger partial charge in [-0.25, -0.2) is 0 Å². The molecule has 0 saturated carbocycles. The summed E-state index contributed by atoms with van der Waals surface area (Å²) in [4.78, 5) is 14.2. The van der Waals surface area contributed by atoms with Crippen LogP contribution >= 0.6 is 0 Å². The lowest BCUT2D eigenvalue weighted by Crippen LogP contribution is -2.44. The normalized spacial score (nSPS) is 26.9. The van der Waals surface area contributed by atoms with Crippen molar-refractivity contribution >= 4 is 5.91 Å². The molecule has 1 N–H and O–H groups in total. The molecule has 2 fully saturated rings. The fourth-order valence-electron chi connectivity index (χ4n) is 3.03. The van der Waals surface area contributed by atoms with Gasteiger partial charge in [0.25, 0.3) is 0 Å². The average molecular weight is 252 g/mol. The van der Waals surface area contributed by atoms with Crippen molar-refractivity contribution in [1.29, 1.82) is 0 Å². The van der Waals surface area contributed by atoms with Gasteiger partial charge < -0.3 is 10.2 Å². The molecule has 2 aliphatic heterocycles. The van der Waals surface area contributed by atoms with Crippen molar-refractivity contribution in [1.82, 2.24) is 10.2 Å². The highest BCUT2D eigenvalue weighted by Crippen LogP contribution is 2.34. The molecule has 0 radical (unpaired) electrons. The molecule has 1 unspecified atom stereocenters. The lowest BCUT2D eigenvalue weighted by atomic mass is 9.77. The van der Waals surface area contributed by atoms with Crippen molar-refractivity contribution in [3.05, 3.63) is 0 Å². The lowest BCUT2D eigenvalue weighted by molar-refractivity contribution is -0.130. The van der Waals surface area contributed by atoms with Crippen LogP contribution in [0.3, 0.4) is 0 Å². The molecule has 2 saturated heterocycles. The second-order valence-corrected chi connectivity index (χ2v) is 7.08. The number of carbonyl (C=O) groups excluding carboxylic acids is 1. The van der Waals surface area contributed by atoms with Crippen LogP contribution in [0.25, 0.3) is 0 Å². The maximum Gasteiger partial charge on any atom is 0.222 e. The maximum atomic E-state index is 12.1. The van der Waals surface area contributed by atoms with Gasteiger partial charge in [-0.3, -0.25) is 4.79 Å². The van der Waals surface area contributed by atoms with E-state index in [1.54, 1.807) is 0 Å². The van der Waals surface area contributed by atoms with Crippen molar-refractivity contribution < 1.29 is 4.79 Å². The minimum atomic E-state index is 0.341. The van der Waals surface area contributed by atoms with Gasteiger partial charge in [-0.15, -0.1) is 0 Å². The van der Waals surface area contributed by atoms with Crippen LogP contribution in [0.5, 0.6) is 0 Å². The van der Waals surface area contributed by atoms with Crippen molar-refractivity contribution in [3.63, 3.8) is 0 Å². The highest BCUT2D eigenvalue weighted by Gasteiger charge is 2.30. The Kier molecular flexibility index (Phi) is 4.31. The lowest BCUT2D eigenvalue weighted by Gasteiger charge is -2.31. The monoisotopic (exact) mass is 252 g/mol. The first-order valence-corrected chi connectivity index (χ1v) is 7.45. The Bertz CT molecular complexity index is 291. The predicted octanol–water partition coefficient (Wildman–Crippen LogP) is 2.27. The van der Waals surface area contributed by atoms with Gasteiger partial charge in [0.05, 0.1) is 0 Å². The minimum Gasteiger partial charge on any atom is -0.343 e. The van der Waals surface area contributed by atoms with E-state index in [4.69, 9.17) is 0 Å². The summed E-state index contributed by atoms with van der Waals surface area (Å²) in [5.41, 5.74) is 0.341. The third-order valence-corrected chi connectivity index (χ3v) is 4.70.